The van der Waals surface area contributed by atoms with E-state index < -0.39 is 17.9 Å². The van der Waals surface area contributed by atoms with Crippen molar-refractivity contribution in [2.24, 2.45) is 11.7 Å². The molecule has 1 aliphatic heterocycles. The number of benzene rings is 1. The molecule has 1 heterocycles. The van der Waals surface area contributed by atoms with Gasteiger partial charge in [0.25, 0.3) is 5.91 Å². The molecule has 1 aromatic rings. The predicted molar refractivity (Wildman–Crippen MR) is 79.8 cm³/mol. The number of halogens is 1. The van der Waals surface area contributed by atoms with Crippen LogP contribution >= 0.6 is 15.9 Å². The predicted octanol–water partition coefficient (Wildman–Crippen LogP) is 2.24. The number of aliphatic carboxylic acids is 1. The van der Waals surface area contributed by atoms with E-state index >= 15 is 0 Å². The van der Waals surface area contributed by atoms with Gasteiger partial charge in [0.1, 0.15) is 6.04 Å². The number of nitrogens with two attached hydrogens (primary N) is 1. The fraction of sp³-hybridized carbons (Fsp3) is 0.429. The SMILES string of the molecule is CC1CCN(c2ccc(Br)cc2C(N)=O)C(C(=O)O)C1. The molecule has 2 atom stereocenters. The first-order valence-electron chi connectivity index (χ1n) is 6.49. The lowest BCUT2D eigenvalue weighted by molar-refractivity contribution is -0.139. The standard InChI is InChI=1S/C14H17BrN2O3/c1-8-4-5-17(12(6-8)14(19)20)11-3-2-9(15)7-10(11)13(16)18/h2-3,7-8,12H,4-6H2,1H3,(H2,16,18)(H,19,20). The average Bonchev–Trinajstić information content (AvgIpc) is 2.38. The van der Waals surface area contributed by atoms with Gasteiger partial charge in [0.05, 0.1) is 11.3 Å². The molecule has 1 aliphatic rings. The van der Waals surface area contributed by atoms with Crippen LogP contribution in [-0.4, -0.2) is 29.6 Å². The van der Waals surface area contributed by atoms with E-state index in [2.05, 4.69) is 15.9 Å². The largest absolute Gasteiger partial charge is 0.480 e. The third-order valence-corrected chi connectivity index (χ3v) is 4.18. The van der Waals surface area contributed by atoms with Gasteiger partial charge in [-0.2, -0.15) is 0 Å². The quantitative estimate of drug-likeness (QED) is 0.883. The molecule has 1 amide bonds. The van der Waals surface area contributed by atoms with E-state index in [4.69, 9.17) is 5.73 Å². The molecule has 2 rings (SSSR count). The summed E-state index contributed by atoms with van der Waals surface area (Å²) in [4.78, 5) is 24.8. The van der Waals surface area contributed by atoms with E-state index in [9.17, 15) is 14.7 Å². The van der Waals surface area contributed by atoms with E-state index in [-0.39, 0.29) is 0 Å². The zero-order valence-electron chi connectivity index (χ0n) is 11.2. The summed E-state index contributed by atoms with van der Waals surface area (Å²) in [6.07, 6.45) is 1.47. The molecular weight excluding hydrogens is 324 g/mol. The van der Waals surface area contributed by atoms with E-state index in [1.165, 1.54) is 0 Å². The maximum atomic E-state index is 11.6. The molecule has 0 aliphatic carbocycles. The summed E-state index contributed by atoms with van der Waals surface area (Å²) < 4.78 is 0.743. The molecule has 2 unspecified atom stereocenters. The number of carboxylic acids is 1. The van der Waals surface area contributed by atoms with Crippen LogP contribution in [0.3, 0.4) is 0 Å². The van der Waals surface area contributed by atoms with Crippen LogP contribution in [0.25, 0.3) is 0 Å². The van der Waals surface area contributed by atoms with Crippen LogP contribution in [0.2, 0.25) is 0 Å². The second-order valence-electron chi connectivity index (χ2n) is 5.20. The third kappa shape index (κ3) is 2.95. The smallest absolute Gasteiger partial charge is 0.326 e. The second kappa shape index (κ2) is 5.83. The number of carboxylic acid groups (broad SMARTS) is 1. The number of piperidine rings is 1. The highest BCUT2D eigenvalue weighted by Crippen LogP contribution is 2.32. The number of carbonyl (C=O) groups is 2. The molecule has 1 saturated heterocycles. The molecule has 0 bridgehead atoms. The van der Waals surface area contributed by atoms with Gasteiger partial charge in [0.2, 0.25) is 0 Å². The highest BCUT2D eigenvalue weighted by molar-refractivity contribution is 9.10. The molecular formula is C14H17BrN2O3. The monoisotopic (exact) mass is 340 g/mol. The summed E-state index contributed by atoms with van der Waals surface area (Å²) in [6.45, 7) is 2.66. The topological polar surface area (TPSA) is 83.6 Å². The number of carbonyl (C=O) groups excluding carboxylic acids is 1. The number of primary amides is 1. The van der Waals surface area contributed by atoms with Crippen molar-refractivity contribution in [2.75, 3.05) is 11.4 Å². The summed E-state index contributed by atoms with van der Waals surface area (Å²) in [5.74, 6) is -1.06. The summed E-state index contributed by atoms with van der Waals surface area (Å²) in [6, 6.07) is 4.56. The molecule has 6 heteroatoms. The minimum absolute atomic E-state index is 0.347. The molecule has 108 valence electrons. The Morgan fingerprint density at radius 2 is 2.15 bits per heavy atom. The molecule has 20 heavy (non-hydrogen) atoms. The highest BCUT2D eigenvalue weighted by Gasteiger charge is 2.33. The van der Waals surface area contributed by atoms with Crippen molar-refractivity contribution < 1.29 is 14.7 Å². The van der Waals surface area contributed by atoms with Crippen molar-refractivity contribution >= 4 is 33.5 Å². The fourth-order valence-corrected chi connectivity index (χ4v) is 2.98. The molecule has 0 aromatic heterocycles. The van der Waals surface area contributed by atoms with Gasteiger partial charge in [-0.25, -0.2) is 4.79 Å². The first-order chi connectivity index (χ1) is 9.40. The van der Waals surface area contributed by atoms with Crippen LogP contribution in [0.5, 0.6) is 0 Å². The number of nitrogens with zero attached hydrogens (tertiary/aromatic N) is 1. The average molecular weight is 341 g/mol. The molecule has 3 N–H and O–H groups in total. The number of hydrogen-bond donors (Lipinski definition) is 2. The van der Waals surface area contributed by atoms with Crippen LogP contribution in [0.15, 0.2) is 22.7 Å². The van der Waals surface area contributed by atoms with Gasteiger partial charge in [0, 0.05) is 11.0 Å². The van der Waals surface area contributed by atoms with Crippen molar-refractivity contribution in [1.29, 1.82) is 0 Å². The van der Waals surface area contributed by atoms with Gasteiger partial charge in [0.15, 0.2) is 0 Å². The summed E-state index contributed by atoms with van der Waals surface area (Å²) >= 11 is 3.30. The molecule has 1 fully saturated rings. The Hall–Kier alpha value is -1.56. The van der Waals surface area contributed by atoms with Crippen LogP contribution in [0.1, 0.15) is 30.1 Å². The molecule has 0 radical (unpaired) electrons. The van der Waals surface area contributed by atoms with Crippen LogP contribution < -0.4 is 10.6 Å². The van der Waals surface area contributed by atoms with Crippen molar-refractivity contribution in [3.8, 4) is 0 Å². The van der Waals surface area contributed by atoms with Gasteiger partial charge in [-0.3, -0.25) is 4.79 Å². The molecule has 1 aromatic carbocycles. The lowest BCUT2D eigenvalue weighted by atomic mass is 9.91. The van der Waals surface area contributed by atoms with Crippen molar-refractivity contribution in [3.05, 3.63) is 28.2 Å². The zero-order chi connectivity index (χ0) is 14.9. The number of anilines is 1. The number of hydrogen-bond acceptors (Lipinski definition) is 3. The van der Waals surface area contributed by atoms with E-state index in [1.807, 2.05) is 6.92 Å². The minimum atomic E-state index is -0.866. The number of amides is 1. The Bertz CT molecular complexity index is 547. The van der Waals surface area contributed by atoms with Gasteiger partial charge in [-0.15, -0.1) is 0 Å². The lowest BCUT2D eigenvalue weighted by Crippen LogP contribution is -2.47. The lowest BCUT2D eigenvalue weighted by Gasteiger charge is -2.38. The Labute approximate surface area is 125 Å². The maximum absolute atomic E-state index is 11.6. The first-order valence-corrected chi connectivity index (χ1v) is 7.28. The minimum Gasteiger partial charge on any atom is -0.480 e. The van der Waals surface area contributed by atoms with Gasteiger partial charge < -0.3 is 15.7 Å². The second-order valence-corrected chi connectivity index (χ2v) is 6.12. The van der Waals surface area contributed by atoms with E-state index in [0.29, 0.717) is 30.1 Å². The van der Waals surface area contributed by atoms with E-state index in [0.717, 1.165) is 10.9 Å². The summed E-state index contributed by atoms with van der Waals surface area (Å²) in [5.41, 5.74) is 6.35. The van der Waals surface area contributed by atoms with Crippen LogP contribution in [0, 0.1) is 5.92 Å². The fourth-order valence-electron chi connectivity index (χ4n) is 2.62. The Balaban J connectivity index is 2.43. The van der Waals surface area contributed by atoms with Gasteiger partial charge >= 0.3 is 5.97 Å². The normalized spacial score (nSPS) is 22.6. The Morgan fingerprint density at radius 1 is 1.45 bits per heavy atom. The zero-order valence-corrected chi connectivity index (χ0v) is 12.8. The van der Waals surface area contributed by atoms with Crippen molar-refractivity contribution in [1.82, 2.24) is 0 Å². The summed E-state index contributed by atoms with van der Waals surface area (Å²) in [7, 11) is 0. The molecule has 0 saturated carbocycles. The summed E-state index contributed by atoms with van der Waals surface area (Å²) in [5, 5.41) is 9.40. The number of rotatable bonds is 3. The molecule has 0 spiro atoms. The molecule has 5 nitrogen and oxygen atoms in total. The van der Waals surface area contributed by atoms with Crippen molar-refractivity contribution in [3.63, 3.8) is 0 Å². The van der Waals surface area contributed by atoms with Crippen molar-refractivity contribution in [2.45, 2.75) is 25.8 Å². The highest BCUT2D eigenvalue weighted by atomic mass is 79.9. The Morgan fingerprint density at radius 3 is 2.75 bits per heavy atom. The Kier molecular flexibility index (Phi) is 4.32. The maximum Gasteiger partial charge on any atom is 0.326 e. The first kappa shape index (κ1) is 14.8. The van der Waals surface area contributed by atoms with E-state index in [1.54, 1.807) is 23.1 Å². The van der Waals surface area contributed by atoms with Gasteiger partial charge in [-0.05, 0) is 37.0 Å². The third-order valence-electron chi connectivity index (χ3n) is 3.68. The van der Waals surface area contributed by atoms with Crippen LogP contribution in [0.4, 0.5) is 5.69 Å². The van der Waals surface area contributed by atoms with Gasteiger partial charge in [-0.1, -0.05) is 22.9 Å². The van der Waals surface area contributed by atoms with Crippen LogP contribution in [-0.2, 0) is 4.79 Å².